The van der Waals surface area contributed by atoms with Crippen molar-refractivity contribution in [3.8, 4) is 5.75 Å². The van der Waals surface area contributed by atoms with Crippen molar-refractivity contribution in [1.82, 2.24) is 10.2 Å². The zero-order valence-electron chi connectivity index (χ0n) is 15.5. The largest absolute Gasteiger partial charge is 0.513 e. The Kier molecular flexibility index (Phi) is 7.00. The third kappa shape index (κ3) is 5.47. The van der Waals surface area contributed by atoms with E-state index in [0.717, 1.165) is 12.8 Å². The third-order valence-corrected chi connectivity index (χ3v) is 4.22. The molecule has 1 fully saturated rings. The molecular formula is C19H26N2O5. The zero-order valence-corrected chi connectivity index (χ0v) is 15.5. The number of rotatable bonds is 5. The van der Waals surface area contributed by atoms with E-state index in [9.17, 15) is 14.4 Å². The standard InChI is InChI=1S/C19H26N2O5/c1-4-25-19(24)26-16-7-5-14(6-8-16)17(22)20-15-9-11-21(12-10-15)18(23)13(2)3/h5-8,13,15H,4,9-12H2,1-3H3,(H,20,22). The van der Waals surface area contributed by atoms with Crippen molar-refractivity contribution in [3.05, 3.63) is 29.8 Å². The fourth-order valence-electron chi connectivity index (χ4n) is 2.80. The monoisotopic (exact) mass is 362 g/mol. The fraction of sp³-hybridized carbons (Fsp3) is 0.526. The third-order valence-electron chi connectivity index (χ3n) is 4.22. The van der Waals surface area contributed by atoms with Gasteiger partial charge in [-0.1, -0.05) is 13.8 Å². The number of nitrogens with zero attached hydrogens (tertiary/aromatic N) is 1. The van der Waals surface area contributed by atoms with Gasteiger partial charge in [0.25, 0.3) is 5.91 Å². The molecule has 26 heavy (non-hydrogen) atoms. The average Bonchev–Trinajstić information content (AvgIpc) is 2.62. The van der Waals surface area contributed by atoms with E-state index in [0.29, 0.717) is 24.4 Å². The van der Waals surface area contributed by atoms with E-state index in [1.54, 1.807) is 31.2 Å². The Bertz CT molecular complexity index is 634. The van der Waals surface area contributed by atoms with Gasteiger partial charge in [0.2, 0.25) is 5.91 Å². The highest BCUT2D eigenvalue weighted by Gasteiger charge is 2.25. The van der Waals surface area contributed by atoms with E-state index >= 15 is 0 Å². The number of carbonyl (C=O) groups excluding carboxylic acids is 3. The van der Waals surface area contributed by atoms with Crippen molar-refractivity contribution < 1.29 is 23.9 Å². The maximum Gasteiger partial charge on any atom is 0.513 e. The highest BCUT2D eigenvalue weighted by Crippen LogP contribution is 2.16. The summed E-state index contributed by atoms with van der Waals surface area (Å²) in [6, 6.07) is 6.35. The molecule has 1 saturated heterocycles. The zero-order chi connectivity index (χ0) is 19.1. The van der Waals surface area contributed by atoms with Crippen LogP contribution in [-0.4, -0.2) is 48.6 Å². The van der Waals surface area contributed by atoms with Crippen molar-refractivity contribution in [2.45, 2.75) is 39.7 Å². The van der Waals surface area contributed by atoms with Crippen LogP contribution >= 0.6 is 0 Å². The second kappa shape index (κ2) is 9.22. The van der Waals surface area contributed by atoms with E-state index in [1.807, 2.05) is 18.7 Å². The van der Waals surface area contributed by atoms with Crippen molar-refractivity contribution in [2.24, 2.45) is 5.92 Å². The first kappa shape index (κ1) is 19.8. The molecule has 0 aliphatic carbocycles. The molecule has 2 amide bonds. The number of likely N-dealkylation sites (tertiary alicyclic amines) is 1. The molecule has 0 saturated carbocycles. The summed E-state index contributed by atoms with van der Waals surface area (Å²) in [7, 11) is 0. The van der Waals surface area contributed by atoms with Crippen molar-refractivity contribution in [1.29, 1.82) is 0 Å². The Morgan fingerprint density at radius 2 is 1.77 bits per heavy atom. The van der Waals surface area contributed by atoms with Crippen LogP contribution in [0, 0.1) is 5.92 Å². The van der Waals surface area contributed by atoms with E-state index in [1.165, 1.54) is 0 Å². The van der Waals surface area contributed by atoms with Crippen LogP contribution in [0.2, 0.25) is 0 Å². The van der Waals surface area contributed by atoms with Gasteiger partial charge in [-0.05, 0) is 44.0 Å². The second-order valence-corrected chi connectivity index (χ2v) is 6.54. The number of piperidine rings is 1. The molecule has 0 radical (unpaired) electrons. The molecule has 142 valence electrons. The number of amides is 2. The quantitative estimate of drug-likeness (QED) is 0.643. The highest BCUT2D eigenvalue weighted by atomic mass is 16.7. The van der Waals surface area contributed by atoms with Crippen LogP contribution in [0.15, 0.2) is 24.3 Å². The van der Waals surface area contributed by atoms with Crippen LogP contribution in [-0.2, 0) is 9.53 Å². The van der Waals surface area contributed by atoms with Crippen molar-refractivity contribution in [2.75, 3.05) is 19.7 Å². The van der Waals surface area contributed by atoms with E-state index < -0.39 is 6.16 Å². The lowest BCUT2D eigenvalue weighted by atomic mass is 10.0. The van der Waals surface area contributed by atoms with E-state index in [2.05, 4.69) is 5.32 Å². The fourth-order valence-corrected chi connectivity index (χ4v) is 2.80. The predicted molar refractivity (Wildman–Crippen MR) is 96.0 cm³/mol. The SMILES string of the molecule is CCOC(=O)Oc1ccc(C(=O)NC2CCN(C(=O)C(C)C)CC2)cc1. The minimum atomic E-state index is -0.771. The molecule has 1 aliphatic heterocycles. The summed E-state index contributed by atoms with van der Waals surface area (Å²) >= 11 is 0. The Hall–Kier alpha value is -2.57. The summed E-state index contributed by atoms with van der Waals surface area (Å²) in [6.07, 6.45) is 0.718. The molecule has 7 heteroatoms. The molecule has 0 atom stereocenters. The van der Waals surface area contributed by atoms with Crippen LogP contribution in [0.25, 0.3) is 0 Å². The molecule has 1 aliphatic rings. The first-order valence-electron chi connectivity index (χ1n) is 8.95. The van der Waals surface area contributed by atoms with E-state index in [-0.39, 0.29) is 30.4 Å². The molecule has 1 aromatic carbocycles. The summed E-state index contributed by atoms with van der Waals surface area (Å²) in [4.78, 5) is 37.5. The smallest absolute Gasteiger partial charge is 0.434 e. The molecule has 1 N–H and O–H groups in total. The maximum atomic E-state index is 12.3. The van der Waals surface area contributed by atoms with E-state index in [4.69, 9.17) is 9.47 Å². The van der Waals surface area contributed by atoms with Gasteiger partial charge in [0.1, 0.15) is 5.75 Å². The van der Waals surface area contributed by atoms with Gasteiger partial charge in [-0.3, -0.25) is 9.59 Å². The summed E-state index contributed by atoms with van der Waals surface area (Å²) in [5.74, 6) is 0.297. The minimum Gasteiger partial charge on any atom is -0.434 e. The van der Waals surface area contributed by atoms with Gasteiger partial charge in [-0.25, -0.2) is 4.79 Å². The van der Waals surface area contributed by atoms with Crippen molar-refractivity contribution in [3.63, 3.8) is 0 Å². The number of benzene rings is 1. The molecule has 1 aromatic rings. The summed E-state index contributed by atoms with van der Waals surface area (Å²) in [5.41, 5.74) is 0.488. The van der Waals surface area contributed by atoms with Crippen molar-refractivity contribution >= 4 is 18.0 Å². The number of ether oxygens (including phenoxy) is 2. The topological polar surface area (TPSA) is 84.9 Å². The van der Waals surface area contributed by atoms with Crippen LogP contribution in [0.5, 0.6) is 5.75 Å². The first-order valence-corrected chi connectivity index (χ1v) is 8.95. The van der Waals surface area contributed by atoms with Gasteiger partial charge in [0, 0.05) is 30.6 Å². The lowest BCUT2D eigenvalue weighted by Gasteiger charge is -2.33. The highest BCUT2D eigenvalue weighted by molar-refractivity contribution is 5.94. The molecule has 2 rings (SSSR count). The van der Waals surface area contributed by atoms with Crippen LogP contribution in [0.1, 0.15) is 44.0 Å². The number of hydrogen-bond donors (Lipinski definition) is 1. The number of hydrogen-bond acceptors (Lipinski definition) is 5. The first-order chi connectivity index (χ1) is 12.4. The Morgan fingerprint density at radius 1 is 1.15 bits per heavy atom. The van der Waals surface area contributed by atoms with Gasteiger partial charge < -0.3 is 19.7 Å². The molecule has 0 spiro atoms. The summed E-state index contributed by atoms with van der Waals surface area (Å²) < 4.78 is 9.66. The molecule has 0 unspecified atom stereocenters. The number of carbonyl (C=O) groups is 3. The second-order valence-electron chi connectivity index (χ2n) is 6.54. The average molecular weight is 362 g/mol. The van der Waals surface area contributed by atoms with Gasteiger partial charge in [0.05, 0.1) is 6.61 Å². The van der Waals surface area contributed by atoms with Crippen LogP contribution in [0.3, 0.4) is 0 Å². The predicted octanol–water partition coefficient (Wildman–Crippen LogP) is 2.60. The Balaban J connectivity index is 1.83. The van der Waals surface area contributed by atoms with Gasteiger partial charge in [0.15, 0.2) is 0 Å². The molecule has 1 heterocycles. The lowest BCUT2D eigenvalue weighted by molar-refractivity contribution is -0.135. The van der Waals surface area contributed by atoms with Gasteiger partial charge in [-0.2, -0.15) is 0 Å². The Labute approximate surface area is 153 Å². The van der Waals surface area contributed by atoms with Gasteiger partial charge >= 0.3 is 6.16 Å². The minimum absolute atomic E-state index is 0.00326. The normalized spacial score (nSPS) is 14.8. The van der Waals surface area contributed by atoms with Gasteiger partial charge in [-0.15, -0.1) is 0 Å². The maximum absolute atomic E-state index is 12.3. The van der Waals surface area contributed by atoms with Crippen LogP contribution in [0.4, 0.5) is 4.79 Å². The molecular weight excluding hydrogens is 336 g/mol. The molecule has 0 bridgehead atoms. The summed E-state index contributed by atoms with van der Waals surface area (Å²) in [5, 5.41) is 3.00. The Morgan fingerprint density at radius 3 is 2.31 bits per heavy atom. The van der Waals surface area contributed by atoms with Crippen LogP contribution < -0.4 is 10.1 Å². The molecule has 7 nitrogen and oxygen atoms in total. The number of nitrogens with one attached hydrogen (secondary N) is 1. The lowest BCUT2D eigenvalue weighted by Crippen LogP contribution is -2.47. The summed E-state index contributed by atoms with van der Waals surface area (Å²) in [6.45, 7) is 7.04. The molecule has 0 aromatic heterocycles.